The minimum Gasteiger partial charge on any atom is -0.307 e. The van der Waals surface area contributed by atoms with E-state index >= 15 is 0 Å². The molecule has 0 aromatic carbocycles. The molecule has 0 spiro atoms. The molecular formula is C11H9N3OS2. The van der Waals surface area contributed by atoms with Crippen LogP contribution < -0.4 is 5.32 Å². The lowest BCUT2D eigenvalue weighted by molar-refractivity contribution is -0.115. The zero-order valence-corrected chi connectivity index (χ0v) is 10.6. The van der Waals surface area contributed by atoms with Gasteiger partial charge in [0.25, 0.3) is 5.91 Å². The first kappa shape index (κ1) is 11.9. The zero-order valence-electron chi connectivity index (χ0n) is 8.96. The maximum Gasteiger partial charge on any atom is 0.263 e. The Morgan fingerprint density at radius 3 is 2.65 bits per heavy atom. The number of thiocarbonyl (C=S) groups is 1. The van der Waals surface area contributed by atoms with E-state index in [1.165, 1.54) is 11.8 Å². The topological polar surface area (TPSA) is 76.8 Å². The van der Waals surface area contributed by atoms with Gasteiger partial charge < -0.3 is 5.32 Å². The predicted molar refractivity (Wildman–Crippen MR) is 73.7 cm³/mol. The van der Waals surface area contributed by atoms with Crippen LogP contribution in [0.4, 0.5) is 0 Å². The van der Waals surface area contributed by atoms with Crippen molar-refractivity contribution in [3.63, 3.8) is 0 Å². The SMILES string of the molecule is CC1=CC=C(/C=C2\SC(=S)NC2=O)C(=N)C1=N. The average molecular weight is 263 g/mol. The number of carbonyl (C=O) groups is 1. The second-order valence-electron chi connectivity index (χ2n) is 3.57. The fraction of sp³-hybridized carbons (Fsp3) is 0.0909. The van der Waals surface area contributed by atoms with Crippen molar-refractivity contribution >= 4 is 45.6 Å². The number of hydrogen-bond acceptors (Lipinski definition) is 5. The van der Waals surface area contributed by atoms with E-state index in [0.717, 1.165) is 5.57 Å². The van der Waals surface area contributed by atoms with E-state index in [1.807, 2.05) is 0 Å². The second-order valence-corrected chi connectivity index (χ2v) is 5.29. The molecule has 0 atom stereocenters. The predicted octanol–water partition coefficient (Wildman–Crippen LogP) is 1.94. The highest BCUT2D eigenvalue weighted by Gasteiger charge is 2.24. The Hall–Kier alpha value is -1.53. The summed E-state index contributed by atoms with van der Waals surface area (Å²) >= 11 is 6.05. The smallest absolute Gasteiger partial charge is 0.263 e. The Morgan fingerprint density at radius 2 is 2.06 bits per heavy atom. The Morgan fingerprint density at radius 1 is 1.35 bits per heavy atom. The molecule has 17 heavy (non-hydrogen) atoms. The molecule has 86 valence electrons. The zero-order chi connectivity index (χ0) is 12.6. The highest BCUT2D eigenvalue weighted by atomic mass is 32.2. The van der Waals surface area contributed by atoms with E-state index in [4.69, 9.17) is 23.0 Å². The van der Waals surface area contributed by atoms with Crippen molar-refractivity contribution in [2.45, 2.75) is 6.92 Å². The van der Waals surface area contributed by atoms with Crippen molar-refractivity contribution in [1.29, 1.82) is 10.8 Å². The molecule has 0 radical (unpaired) electrons. The average Bonchev–Trinajstić information content (AvgIpc) is 2.58. The third kappa shape index (κ3) is 2.27. The van der Waals surface area contributed by atoms with Crippen molar-refractivity contribution in [1.82, 2.24) is 5.32 Å². The van der Waals surface area contributed by atoms with Crippen LogP contribution in [0.1, 0.15) is 6.92 Å². The van der Waals surface area contributed by atoms with Gasteiger partial charge in [-0.05, 0) is 18.6 Å². The quantitative estimate of drug-likeness (QED) is 0.384. The summed E-state index contributed by atoms with van der Waals surface area (Å²) in [6, 6.07) is 0. The van der Waals surface area contributed by atoms with Crippen molar-refractivity contribution < 1.29 is 4.79 Å². The Balaban J connectivity index is 2.34. The normalized spacial score (nSPS) is 22.8. The van der Waals surface area contributed by atoms with E-state index in [1.54, 1.807) is 25.2 Å². The van der Waals surface area contributed by atoms with E-state index in [-0.39, 0.29) is 17.3 Å². The molecule has 3 N–H and O–H groups in total. The third-order valence-electron chi connectivity index (χ3n) is 2.37. The van der Waals surface area contributed by atoms with Crippen LogP contribution in [0.15, 0.2) is 34.3 Å². The minimum atomic E-state index is -0.244. The summed E-state index contributed by atoms with van der Waals surface area (Å²) in [5.41, 5.74) is 1.62. The van der Waals surface area contributed by atoms with Gasteiger partial charge >= 0.3 is 0 Å². The number of allylic oxidation sites excluding steroid dienone is 5. The molecule has 1 fully saturated rings. The van der Waals surface area contributed by atoms with Gasteiger partial charge in [0, 0.05) is 5.57 Å². The lowest BCUT2D eigenvalue weighted by atomic mass is 9.95. The van der Waals surface area contributed by atoms with Crippen LogP contribution in [0.25, 0.3) is 0 Å². The largest absolute Gasteiger partial charge is 0.307 e. The maximum atomic E-state index is 11.5. The Kier molecular flexibility index (Phi) is 3.08. The molecule has 0 unspecified atom stereocenters. The van der Waals surface area contributed by atoms with Gasteiger partial charge in [0.05, 0.1) is 16.3 Å². The summed E-state index contributed by atoms with van der Waals surface area (Å²) in [7, 11) is 0. The Bertz CT molecular complexity index is 555. The molecule has 0 aromatic heterocycles. The van der Waals surface area contributed by atoms with Crippen molar-refractivity contribution in [2.75, 3.05) is 0 Å². The van der Waals surface area contributed by atoms with Crippen LogP contribution in [-0.2, 0) is 4.79 Å². The fourth-order valence-electron chi connectivity index (χ4n) is 1.41. The molecule has 2 rings (SSSR count). The van der Waals surface area contributed by atoms with E-state index in [2.05, 4.69) is 5.32 Å². The number of carbonyl (C=O) groups excluding carboxylic acids is 1. The molecule has 2 aliphatic rings. The summed E-state index contributed by atoms with van der Waals surface area (Å²) < 4.78 is 0.422. The second kappa shape index (κ2) is 4.38. The molecule has 1 heterocycles. The van der Waals surface area contributed by atoms with Gasteiger partial charge in [-0.2, -0.15) is 0 Å². The van der Waals surface area contributed by atoms with Gasteiger partial charge in [0.1, 0.15) is 4.32 Å². The minimum absolute atomic E-state index is 0.128. The molecule has 6 heteroatoms. The van der Waals surface area contributed by atoms with E-state index in [9.17, 15) is 4.79 Å². The molecule has 0 aromatic rings. The number of hydrogen-bond donors (Lipinski definition) is 3. The van der Waals surface area contributed by atoms with Crippen LogP contribution in [0.5, 0.6) is 0 Å². The van der Waals surface area contributed by atoms with Crippen molar-refractivity contribution in [3.05, 3.63) is 34.3 Å². The summed E-state index contributed by atoms with van der Waals surface area (Å²) in [6.45, 7) is 1.78. The van der Waals surface area contributed by atoms with Gasteiger partial charge in [-0.15, -0.1) is 0 Å². The highest BCUT2D eigenvalue weighted by Crippen LogP contribution is 2.26. The first-order chi connectivity index (χ1) is 7.99. The summed E-state index contributed by atoms with van der Waals surface area (Å²) in [6.07, 6.45) is 5.10. The van der Waals surface area contributed by atoms with E-state index < -0.39 is 0 Å². The monoisotopic (exact) mass is 263 g/mol. The van der Waals surface area contributed by atoms with Crippen LogP contribution in [0.2, 0.25) is 0 Å². The summed E-state index contributed by atoms with van der Waals surface area (Å²) in [4.78, 5) is 11.9. The maximum absolute atomic E-state index is 11.5. The third-order valence-corrected chi connectivity index (χ3v) is 3.54. The standard InChI is InChI=1S/C11H9N3OS2/c1-5-2-3-6(9(13)8(5)12)4-7-10(15)14-11(16)17-7/h2-4,12-13H,1H3,(H,14,15,16)/b7-4-,12-8?,13-9?. The van der Waals surface area contributed by atoms with Gasteiger partial charge in [0.15, 0.2) is 0 Å². The van der Waals surface area contributed by atoms with Gasteiger partial charge in [-0.1, -0.05) is 36.1 Å². The number of thioether (sulfide) groups is 1. The lowest BCUT2D eigenvalue weighted by Crippen LogP contribution is -2.19. The van der Waals surface area contributed by atoms with Crippen molar-refractivity contribution in [3.8, 4) is 0 Å². The summed E-state index contributed by atoms with van der Waals surface area (Å²) in [5, 5.41) is 18.0. The van der Waals surface area contributed by atoms with Crippen LogP contribution in [0.3, 0.4) is 0 Å². The lowest BCUT2D eigenvalue weighted by Gasteiger charge is -2.12. The van der Waals surface area contributed by atoms with Gasteiger partial charge in [-0.25, -0.2) is 0 Å². The van der Waals surface area contributed by atoms with Gasteiger partial charge in [0.2, 0.25) is 0 Å². The number of rotatable bonds is 1. The van der Waals surface area contributed by atoms with Gasteiger partial charge in [-0.3, -0.25) is 15.6 Å². The van der Waals surface area contributed by atoms with Crippen LogP contribution in [-0.4, -0.2) is 21.7 Å². The molecule has 0 saturated carbocycles. The highest BCUT2D eigenvalue weighted by molar-refractivity contribution is 8.26. The first-order valence-corrected chi connectivity index (χ1v) is 6.03. The first-order valence-electron chi connectivity index (χ1n) is 4.80. The summed E-state index contributed by atoms with van der Waals surface area (Å²) in [5.74, 6) is -0.244. The number of nitrogens with one attached hydrogen (secondary N) is 3. The van der Waals surface area contributed by atoms with Crippen LogP contribution in [0, 0.1) is 10.8 Å². The molecule has 1 aliphatic heterocycles. The number of amides is 1. The molecule has 1 aliphatic carbocycles. The van der Waals surface area contributed by atoms with Crippen LogP contribution >= 0.6 is 24.0 Å². The molecule has 0 bridgehead atoms. The molecule has 1 amide bonds. The molecule has 4 nitrogen and oxygen atoms in total. The molecular weight excluding hydrogens is 254 g/mol. The Labute approximate surface area is 108 Å². The van der Waals surface area contributed by atoms with E-state index in [0.29, 0.717) is 14.8 Å². The molecule has 1 saturated heterocycles. The fourth-order valence-corrected chi connectivity index (χ4v) is 2.44. The van der Waals surface area contributed by atoms with Crippen molar-refractivity contribution in [2.24, 2.45) is 0 Å².